The number of alkyl halides is 1. The lowest BCUT2D eigenvalue weighted by Gasteiger charge is -2.17. The molecule has 0 bridgehead atoms. The first-order valence-electron chi connectivity index (χ1n) is 2.74. The molecule has 0 rings (SSSR count). The van der Waals surface area contributed by atoms with Gasteiger partial charge in [-0.05, 0) is 18.9 Å². The topological polar surface area (TPSA) is 30.5 Å². The van der Waals surface area contributed by atoms with Crippen LogP contribution < -0.4 is 5.09 Å². The lowest BCUT2D eigenvalue weighted by Crippen LogP contribution is -2.08. The van der Waals surface area contributed by atoms with Crippen molar-refractivity contribution in [1.29, 1.82) is 0 Å². The van der Waals surface area contributed by atoms with Gasteiger partial charge in [-0.25, -0.2) is 5.09 Å². The summed E-state index contributed by atoms with van der Waals surface area (Å²) in [6, 6.07) is 0. The van der Waals surface area contributed by atoms with Gasteiger partial charge in [0.25, 0.3) is 6.64 Å². The molecule has 3 nitrogen and oxygen atoms in total. The van der Waals surface area contributed by atoms with E-state index in [9.17, 15) is 0 Å². The zero-order valence-corrected chi connectivity index (χ0v) is 8.43. The maximum Gasteiger partial charge on any atom is 0.260 e. The van der Waals surface area contributed by atoms with Crippen LogP contribution in [0, 0.1) is 0 Å². The Morgan fingerprint density at radius 2 is 2.30 bits per heavy atom. The van der Waals surface area contributed by atoms with Crippen LogP contribution in [0.15, 0.2) is 0 Å². The van der Waals surface area contributed by atoms with Crippen molar-refractivity contribution in [3.05, 3.63) is 0 Å². The molecule has 0 saturated heterocycles. The van der Waals surface area contributed by atoms with E-state index in [1.807, 2.05) is 0 Å². The van der Waals surface area contributed by atoms with Crippen molar-refractivity contribution in [2.24, 2.45) is 0 Å². The van der Waals surface area contributed by atoms with Crippen molar-refractivity contribution >= 4 is 30.1 Å². The van der Waals surface area contributed by atoms with Crippen LogP contribution in [-0.2, 0) is 20.9 Å². The molecule has 0 saturated carbocycles. The van der Waals surface area contributed by atoms with E-state index in [0.29, 0.717) is 12.5 Å². The van der Waals surface area contributed by atoms with E-state index in [2.05, 4.69) is 5.09 Å². The van der Waals surface area contributed by atoms with Crippen LogP contribution in [0.5, 0.6) is 0 Å². The predicted octanol–water partition coefficient (Wildman–Crippen LogP) is 1.33. The number of nitrogens with one attached hydrogen (secondary N) is 1. The Kier molecular flexibility index (Phi) is 5.92. The molecular formula is C4H11ClNO2PS. The molecule has 0 aromatic carbocycles. The fourth-order valence-electron chi connectivity index (χ4n) is 0.363. The maximum atomic E-state index is 5.38. The van der Waals surface area contributed by atoms with Gasteiger partial charge in [0.2, 0.25) is 0 Å². The van der Waals surface area contributed by atoms with Gasteiger partial charge >= 0.3 is 0 Å². The van der Waals surface area contributed by atoms with E-state index in [0.717, 1.165) is 0 Å². The minimum atomic E-state index is -2.20. The normalized spacial score (nSPS) is 16.7. The van der Waals surface area contributed by atoms with Crippen molar-refractivity contribution in [2.45, 2.75) is 0 Å². The van der Waals surface area contributed by atoms with Crippen molar-refractivity contribution in [3.8, 4) is 0 Å². The van der Waals surface area contributed by atoms with Crippen LogP contribution in [-0.4, -0.2) is 26.6 Å². The molecule has 1 N–H and O–H groups in total. The molecule has 0 amide bonds. The lowest BCUT2D eigenvalue weighted by molar-refractivity contribution is 0.290. The molecule has 62 valence electrons. The van der Waals surface area contributed by atoms with Crippen LogP contribution in [0.25, 0.3) is 0 Å². The molecular weight excluding hydrogens is 193 g/mol. The highest BCUT2D eigenvalue weighted by atomic mass is 35.5. The third-order valence-corrected chi connectivity index (χ3v) is 3.87. The second-order valence-corrected chi connectivity index (χ2v) is 5.31. The van der Waals surface area contributed by atoms with Gasteiger partial charge in [0.05, 0.1) is 6.61 Å². The summed E-state index contributed by atoms with van der Waals surface area (Å²) in [6.45, 7) is -1.77. The summed E-state index contributed by atoms with van der Waals surface area (Å²) in [7, 11) is 3.23. The Morgan fingerprint density at radius 1 is 1.70 bits per heavy atom. The van der Waals surface area contributed by atoms with Crippen molar-refractivity contribution in [2.75, 3.05) is 26.6 Å². The molecule has 0 aliphatic heterocycles. The Hall–Kier alpha value is 0.820. The molecule has 6 heteroatoms. The summed E-state index contributed by atoms with van der Waals surface area (Å²) in [4.78, 5) is 0. The molecule has 1 unspecified atom stereocenters. The van der Waals surface area contributed by atoms with E-state index in [1.165, 1.54) is 7.11 Å². The summed E-state index contributed by atoms with van der Waals surface area (Å²) in [5, 5.41) is 2.79. The van der Waals surface area contributed by atoms with Gasteiger partial charge in [0, 0.05) is 13.0 Å². The summed E-state index contributed by atoms with van der Waals surface area (Å²) in [5.41, 5.74) is 0. The van der Waals surface area contributed by atoms with Gasteiger partial charge in [-0.15, -0.1) is 11.6 Å². The highest BCUT2D eigenvalue weighted by Gasteiger charge is 2.12. The molecule has 0 aromatic rings. The first kappa shape index (κ1) is 10.8. The third-order valence-electron chi connectivity index (χ3n) is 0.853. The van der Waals surface area contributed by atoms with Crippen molar-refractivity contribution in [1.82, 2.24) is 5.09 Å². The minimum Gasteiger partial charge on any atom is -0.321 e. The summed E-state index contributed by atoms with van der Waals surface area (Å²) < 4.78 is 10.1. The van der Waals surface area contributed by atoms with E-state index in [4.69, 9.17) is 32.5 Å². The van der Waals surface area contributed by atoms with Crippen LogP contribution >= 0.6 is 18.2 Å². The molecule has 0 aromatic heterocycles. The second kappa shape index (κ2) is 5.47. The largest absolute Gasteiger partial charge is 0.321 e. The first-order chi connectivity index (χ1) is 4.68. The van der Waals surface area contributed by atoms with Crippen molar-refractivity contribution in [3.63, 3.8) is 0 Å². The summed E-state index contributed by atoms with van der Waals surface area (Å²) in [6.07, 6.45) is 0. The van der Waals surface area contributed by atoms with Gasteiger partial charge in [-0.2, -0.15) is 0 Å². The highest BCUT2D eigenvalue weighted by molar-refractivity contribution is 8.08. The van der Waals surface area contributed by atoms with E-state index < -0.39 is 6.64 Å². The molecule has 0 radical (unpaired) electrons. The summed E-state index contributed by atoms with van der Waals surface area (Å²) in [5.74, 6) is 0.434. The minimum absolute atomic E-state index is 0.424. The zero-order valence-electron chi connectivity index (χ0n) is 5.96. The lowest BCUT2D eigenvalue weighted by atomic mass is 10.9. The number of hydrogen-bond donors (Lipinski definition) is 1. The standard InChI is InChI=1S/C4H11ClNO2PS/c1-6-9(10,7-2)8-4-3-5/h3-4H2,1-2H3,(H,6,10). The second-order valence-electron chi connectivity index (χ2n) is 1.43. The average molecular weight is 204 g/mol. The Balaban J connectivity index is 3.70. The predicted molar refractivity (Wildman–Crippen MR) is 47.0 cm³/mol. The van der Waals surface area contributed by atoms with Gasteiger partial charge < -0.3 is 9.05 Å². The Morgan fingerprint density at radius 3 is 2.60 bits per heavy atom. The fraction of sp³-hybridized carbons (Fsp3) is 1.00. The van der Waals surface area contributed by atoms with Crippen LogP contribution in [0.4, 0.5) is 0 Å². The van der Waals surface area contributed by atoms with Gasteiger partial charge in [-0.3, -0.25) is 0 Å². The SMILES string of the molecule is CNP(=S)(OC)OCCCl. The van der Waals surface area contributed by atoms with Gasteiger partial charge in [0.15, 0.2) is 0 Å². The smallest absolute Gasteiger partial charge is 0.260 e. The average Bonchev–Trinajstić information content (AvgIpc) is 2.00. The molecule has 0 aliphatic rings. The fourth-order valence-corrected chi connectivity index (χ4v) is 1.52. The molecule has 0 spiro atoms. The highest BCUT2D eigenvalue weighted by Crippen LogP contribution is 2.41. The quantitative estimate of drug-likeness (QED) is 0.540. The maximum absolute atomic E-state index is 5.38. The van der Waals surface area contributed by atoms with Crippen LogP contribution in [0.1, 0.15) is 0 Å². The van der Waals surface area contributed by atoms with E-state index >= 15 is 0 Å². The number of hydrogen-bond acceptors (Lipinski definition) is 3. The number of rotatable bonds is 5. The van der Waals surface area contributed by atoms with Crippen molar-refractivity contribution < 1.29 is 9.05 Å². The van der Waals surface area contributed by atoms with Gasteiger partial charge in [-0.1, -0.05) is 0 Å². The zero-order chi connectivity index (χ0) is 8.04. The number of halogens is 1. The van der Waals surface area contributed by atoms with Crippen LogP contribution in [0.2, 0.25) is 0 Å². The van der Waals surface area contributed by atoms with Gasteiger partial charge in [0.1, 0.15) is 0 Å². The third kappa shape index (κ3) is 3.86. The first-order valence-corrected chi connectivity index (χ1v) is 5.91. The van der Waals surface area contributed by atoms with Crippen LogP contribution in [0.3, 0.4) is 0 Å². The molecule has 0 aliphatic carbocycles. The molecule has 0 heterocycles. The molecule has 10 heavy (non-hydrogen) atoms. The van der Waals surface area contributed by atoms with E-state index in [1.54, 1.807) is 7.05 Å². The Bertz CT molecular complexity index is 126. The molecule has 1 atom stereocenters. The Labute approximate surface area is 71.3 Å². The monoisotopic (exact) mass is 203 g/mol. The summed E-state index contributed by atoms with van der Waals surface area (Å²) >= 11 is 10.4. The molecule has 0 fully saturated rings. The van der Waals surface area contributed by atoms with E-state index in [-0.39, 0.29) is 0 Å².